The Morgan fingerprint density at radius 1 is 0.688 bits per heavy atom. The summed E-state index contributed by atoms with van der Waals surface area (Å²) in [4.78, 5) is 159. The van der Waals surface area contributed by atoms with E-state index in [0.29, 0.717) is 78.4 Å². The van der Waals surface area contributed by atoms with Gasteiger partial charge in [-0.2, -0.15) is 0 Å². The highest BCUT2D eigenvalue weighted by atomic mass is 35.5. The van der Waals surface area contributed by atoms with E-state index in [2.05, 4.69) is 41.8 Å². The normalized spacial score (nSPS) is 17.5. The Morgan fingerprint density at radius 2 is 1.32 bits per heavy atom. The van der Waals surface area contributed by atoms with E-state index in [0.717, 1.165) is 34.3 Å². The molecule has 5 atom stereocenters. The van der Waals surface area contributed by atoms with Gasteiger partial charge >= 0.3 is 6.09 Å². The van der Waals surface area contributed by atoms with Crippen molar-refractivity contribution in [1.29, 1.82) is 0 Å². The summed E-state index contributed by atoms with van der Waals surface area (Å²) in [5, 5.41) is 18.9. The number of nitrogens with zero attached hydrogens (tertiary/aromatic N) is 5. The van der Waals surface area contributed by atoms with Gasteiger partial charge in [0, 0.05) is 115 Å². The predicted octanol–water partition coefficient (Wildman–Crippen LogP) is 6.65. The number of carbonyl (C=O) groups excluding carboxylic acids is 11. The number of ether oxygens (including phenoxy) is 1. The number of hydrogen-bond acceptors (Lipinski definition) is 13. The third-order valence-electron chi connectivity index (χ3n) is 17.1. The van der Waals surface area contributed by atoms with E-state index in [-0.39, 0.29) is 85.6 Å². The summed E-state index contributed by atoms with van der Waals surface area (Å²) in [5.74, 6) is -4.71. The van der Waals surface area contributed by atoms with Gasteiger partial charge in [0.1, 0.15) is 35.6 Å². The van der Waals surface area contributed by atoms with Gasteiger partial charge in [-0.1, -0.05) is 65.8 Å². The molecule has 0 radical (unpaired) electrons. The van der Waals surface area contributed by atoms with Crippen molar-refractivity contribution in [2.75, 3.05) is 80.8 Å². The zero-order valence-electron chi connectivity index (χ0n) is 53.6. The first kappa shape index (κ1) is 68.2. The minimum atomic E-state index is -1.09. The number of anilines is 3. The molecule has 2 fully saturated rings. The van der Waals surface area contributed by atoms with E-state index in [1.807, 2.05) is 72.9 Å². The highest BCUT2D eigenvalue weighted by Crippen LogP contribution is 2.46. The molecule has 0 unspecified atom stereocenters. The number of likely N-dealkylation sites (tertiary alicyclic amines) is 1. The number of benzene rings is 4. The minimum Gasteiger partial charge on any atom is -0.409 e. The molecule has 1 aromatic heterocycles. The Labute approximate surface area is 545 Å². The number of aromatic amines is 1. The number of imide groups is 1. The molecule has 0 aliphatic carbocycles. The molecular formula is C68H83ClN12O12. The molecule has 4 aliphatic rings. The summed E-state index contributed by atoms with van der Waals surface area (Å²) in [6.45, 7) is 14.0. The van der Waals surface area contributed by atoms with Crippen molar-refractivity contribution in [3.05, 3.63) is 108 Å². The van der Waals surface area contributed by atoms with Gasteiger partial charge in [0.25, 0.3) is 23.6 Å². The van der Waals surface area contributed by atoms with Gasteiger partial charge in [-0.05, 0) is 123 Å². The lowest BCUT2D eigenvalue weighted by molar-refractivity contribution is -0.140. The van der Waals surface area contributed by atoms with Crippen LogP contribution in [0.1, 0.15) is 119 Å². The lowest BCUT2D eigenvalue weighted by atomic mass is 9.95. The molecular weight excluding hydrogens is 1210 g/mol. The lowest BCUT2D eigenvalue weighted by Gasteiger charge is -2.31. The van der Waals surface area contributed by atoms with Crippen LogP contribution in [-0.2, 0) is 38.4 Å². The lowest BCUT2D eigenvalue weighted by Crippen LogP contribution is -2.56. The number of alkyl halides is 1. The molecule has 0 saturated carbocycles. The molecule has 9 rings (SSSR count). The maximum Gasteiger partial charge on any atom is 0.415 e. The molecule has 494 valence electrons. The fraction of sp³-hybridized carbons (Fsp3) is 0.456. The quantitative estimate of drug-likeness (QED) is 0.0238. The Bertz CT molecular complexity index is 3690. The van der Waals surface area contributed by atoms with E-state index in [4.69, 9.17) is 16.3 Å². The number of H-pyrrole nitrogens is 1. The Hall–Kier alpha value is -9.16. The van der Waals surface area contributed by atoms with E-state index in [9.17, 15) is 52.7 Å². The van der Waals surface area contributed by atoms with Crippen LogP contribution in [-0.4, -0.2) is 179 Å². The SMILES string of the molecule is CC(C)C[C@H](NC(=O)CNC(=O)[C@H](CC(C)C)NC(=O)[C@@H]1CCCN1C(=O)CCCN1C(=O)C=CC1=O)C(=O)N[C@@H](CC(C)C)C(=O)Nc1ccc(C(=O)Nc2ccc3[nH]c(C(=O)N4C[C@@H](CCl)c5c4cc(OC(=O)N4CCN(C)CC4)c4ccccc54)cc3c2)cc1. The van der Waals surface area contributed by atoms with Crippen LogP contribution in [0.15, 0.2) is 91.0 Å². The zero-order chi connectivity index (χ0) is 66.8. The topological polar surface area (TPSA) is 301 Å². The third-order valence-corrected chi connectivity index (χ3v) is 17.4. The van der Waals surface area contributed by atoms with Gasteiger partial charge in [-0.3, -0.25) is 52.8 Å². The van der Waals surface area contributed by atoms with E-state index < -0.39 is 84.1 Å². The molecule has 2 saturated heterocycles. The molecule has 5 aromatic rings. The standard InChI is InChI=1S/C68H83ClN12O12/c1-39(2)30-50(76-66(90)54-14-10-24-79(54)58(83)15-11-25-80-59(84)22-23-60(80)85)63(87)70-37-57(82)74-51(31-40(3)4)65(89)75-52(32-41(5)6)64(88)71-45-18-16-42(17-19-45)62(86)72-46-20-21-49-43(33-46)34-53(73-49)67(91)81-38-44(36-69)61-48-13-9-8-12-47(48)56(35-55(61)81)93-68(92)78-28-26-77(7)27-29-78/h8-9,12-13,16-23,33-35,39-41,44,50-52,54,73H,10-11,14-15,24-32,36-38H2,1-7H3,(H,70,87)(H,71,88)(H,72,86)(H,74,82)(H,75,89)(H,76,90)/t44-,50+,51+,52+,54+/m1/s1. The number of amides is 11. The van der Waals surface area contributed by atoms with Crippen molar-refractivity contribution in [3.8, 4) is 5.75 Å². The van der Waals surface area contributed by atoms with Crippen molar-refractivity contribution >= 4 is 116 Å². The summed E-state index contributed by atoms with van der Waals surface area (Å²) < 4.78 is 6.07. The number of rotatable bonds is 25. The number of carbonyl (C=O) groups is 11. The van der Waals surface area contributed by atoms with Crippen LogP contribution in [0.5, 0.6) is 5.75 Å². The van der Waals surface area contributed by atoms with Gasteiger partial charge in [-0.25, -0.2) is 4.79 Å². The molecule has 4 aliphatic heterocycles. The average molecular weight is 1300 g/mol. The molecule has 4 aromatic carbocycles. The number of aromatic nitrogens is 1. The molecule has 0 spiro atoms. The van der Waals surface area contributed by atoms with Crippen LogP contribution in [0.25, 0.3) is 21.7 Å². The molecule has 5 heterocycles. The number of hydrogen-bond donors (Lipinski definition) is 7. The number of nitrogens with one attached hydrogen (secondary N) is 7. The summed E-state index contributed by atoms with van der Waals surface area (Å²) in [6.07, 6.45) is 3.72. The Morgan fingerprint density at radius 3 is 1.98 bits per heavy atom. The van der Waals surface area contributed by atoms with Gasteiger partial charge in [0.15, 0.2) is 0 Å². The van der Waals surface area contributed by atoms with Gasteiger partial charge < -0.3 is 61.2 Å². The molecule has 25 heteroatoms. The van der Waals surface area contributed by atoms with Crippen LogP contribution in [0.2, 0.25) is 0 Å². The Balaban J connectivity index is 0.776. The van der Waals surface area contributed by atoms with Crippen LogP contribution in [0, 0.1) is 17.8 Å². The van der Waals surface area contributed by atoms with E-state index in [1.54, 1.807) is 64.4 Å². The minimum absolute atomic E-state index is 0.00890. The van der Waals surface area contributed by atoms with Gasteiger partial charge in [0.05, 0.1) is 12.2 Å². The number of piperazine rings is 1. The summed E-state index contributed by atoms with van der Waals surface area (Å²) in [5.41, 5.74) is 3.55. The van der Waals surface area contributed by atoms with Crippen LogP contribution in [0.4, 0.5) is 21.9 Å². The van der Waals surface area contributed by atoms with Crippen molar-refractivity contribution in [2.45, 2.75) is 117 Å². The highest BCUT2D eigenvalue weighted by molar-refractivity contribution is 6.19. The Kier molecular flexibility index (Phi) is 22.4. The largest absolute Gasteiger partial charge is 0.415 e. The zero-order valence-corrected chi connectivity index (χ0v) is 54.4. The first-order chi connectivity index (χ1) is 44.4. The monoisotopic (exact) mass is 1290 g/mol. The molecule has 0 bridgehead atoms. The molecule has 7 N–H and O–H groups in total. The van der Waals surface area contributed by atoms with E-state index in [1.165, 1.54) is 17.1 Å². The second-order valence-corrected chi connectivity index (χ2v) is 26.0. The van der Waals surface area contributed by atoms with Crippen LogP contribution < -0.4 is 41.5 Å². The summed E-state index contributed by atoms with van der Waals surface area (Å²) in [6, 6.07) is 18.5. The van der Waals surface area contributed by atoms with Gasteiger partial charge in [-0.15, -0.1) is 11.6 Å². The smallest absolute Gasteiger partial charge is 0.409 e. The maximum atomic E-state index is 14.5. The van der Waals surface area contributed by atoms with Crippen LogP contribution >= 0.6 is 11.6 Å². The second-order valence-electron chi connectivity index (χ2n) is 25.6. The number of halogens is 1. The predicted molar refractivity (Wildman–Crippen MR) is 352 cm³/mol. The van der Waals surface area contributed by atoms with Crippen molar-refractivity contribution < 1.29 is 57.5 Å². The summed E-state index contributed by atoms with van der Waals surface area (Å²) >= 11 is 6.58. The van der Waals surface area contributed by atoms with Crippen LogP contribution in [0.3, 0.4) is 0 Å². The number of fused-ring (bicyclic) bond motifs is 4. The molecule has 11 amide bonds. The highest BCUT2D eigenvalue weighted by Gasteiger charge is 2.39. The average Bonchev–Trinajstić information content (AvgIpc) is 1.63. The van der Waals surface area contributed by atoms with Crippen molar-refractivity contribution in [2.24, 2.45) is 17.8 Å². The molecule has 24 nitrogen and oxygen atoms in total. The third kappa shape index (κ3) is 16.9. The maximum absolute atomic E-state index is 14.5. The summed E-state index contributed by atoms with van der Waals surface area (Å²) in [7, 11) is 2.01. The molecule has 93 heavy (non-hydrogen) atoms. The first-order valence-electron chi connectivity index (χ1n) is 31.9. The van der Waals surface area contributed by atoms with E-state index >= 15 is 0 Å². The fourth-order valence-electron chi connectivity index (χ4n) is 12.3. The van der Waals surface area contributed by atoms with Crippen molar-refractivity contribution in [1.82, 2.24) is 45.9 Å². The first-order valence-corrected chi connectivity index (χ1v) is 32.4. The van der Waals surface area contributed by atoms with Gasteiger partial charge in [0.2, 0.25) is 35.4 Å². The van der Waals surface area contributed by atoms with Crippen molar-refractivity contribution in [3.63, 3.8) is 0 Å². The second kappa shape index (κ2) is 30.5. The fourth-order valence-corrected chi connectivity index (χ4v) is 12.5. The number of likely N-dealkylation sites (N-methyl/N-ethyl adjacent to an activating group) is 1.